The van der Waals surface area contributed by atoms with E-state index in [0.717, 1.165) is 24.3 Å². The SMILES string of the molecule is CC(C)NCc1c(F)cccc1N(C)CCN1CCCC1. The summed E-state index contributed by atoms with van der Waals surface area (Å²) in [5, 5.41) is 3.32. The van der Waals surface area contributed by atoms with Gasteiger partial charge in [-0.1, -0.05) is 19.9 Å². The molecule has 0 unspecified atom stereocenters. The number of nitrogens with one attached hydrogen (secondary N) is 1. The fraction of sp³-hybridized carbons (Fsp3) is 0.647. The molecule has 21 heavy (non-hydrogen) atoms. The zero-order valence-electron chi connectivity index (χ0n) is 13.5. The van der Waals surface area contributed by atoms with Crippen LogP contribution in [0.25, 0.3) is 0 Å². The van der Waals surface area contributed by atoms with Crippen molar-refractivity contribution in [3.8, 4) is 0 Å². The van der Waals surface area contributed by atoms with Gasteiger partial charge in [-0.25, -0.2) is 4.39 Å². The van der Waals surface area contributed by atoms with Crippen LogP contribution in [0.3, 0.4) is 0 Å². The van der Waals surface area contributed by atoms with Gasteiger partial charge in [-0.05, 0) is 38.1 Å². The smallest absolute Gasteiger partial charge is 0.129 e. The summed E-state index contributed by atoms with van der Waals surface area (Å²) in [4.78, 5) is 4.67. The van der Waals surface area contributed by atoms with Crippen molar-refractivity contribution in [1.82, 2.24) is 10.2 Å². The third kappa shape index (κ3) is 4.68. The standard InChI is InChI=1S/C17H28FN3/c1-14(2)19-13-15-16(18)7-6-8-17(15)20(3)11-12-21-9-4-5-10-21/h6-8,14,19H,4-5,9-13H2,1-3H3. The molecular formula is C17H28FN3. The van der Waals surface area contributed by atoms with Crippen LogP contribution in [-0.2, 0) is 6.54 Å². The maximum Gasteiger partial charge on any atom is 0.129 e. The van der Waals surface area contributed by atoms with E-state index in [2.05, 4.69) is 36.0 Å². The predicted octanol–water partition coefficient (Wildman–Crippen LogP) is 2.86. The molecule has 4 heteroatoms. The van der Waals surface area contributed by atoms with Crippen molar-refractivity contribution >= 4 is 5.69 Å². The normalized spacial score (nSPS) is 15.9. The number of anilines is 1. The Labute approximate surface area is 128 Å². The van der Waals surface area contributed by atoms with E-state index < -0.39 is 0 Å². The Morgan fingerprint density at radius 1 is 1.29 bits per heavy atom. The second-order valence-electron chi connectivity index (χ2n) is 6.24. The number of rotatable bonds is 7. The molecule has 0 atom stereocenters. The van der Waals surface area contributed by atoms with Crippen LogP contribution >= 0.6 is 0 Å². The number of benzene rings is 1. The minimum atomic E-state index is -0.117. The number of hydrogen-bond acceptors (Lipinski definition) is 3. The molecule has 0 saturated carbocycles. The molecule has 3 nitrogen and oxygen atoms in total. The Balaban J connectivity index is 2.00. The zero-order chi connectivity index (χ0) is 15.2. The molecule has 0 aromatic heterocycles. The first-order valence-corrected chi connectivity index (χ1v) is 8.02. The molecule has 0 radical (unpaired) electrons. The van der Waals surface area contributed by atoms with Gasteiger partial charge in [-0.2, -0.15) is 0 Å². The zero-order valence-corrected chi connectivity index (χ0v) is 13.5. The maximum absolute atomic E-state index is 14.1. The predicted molar refractivity (Wildman–Crippen MR) is 87.3 cm³/mol. The number of likely N-dealkylation sites (tertiary alicyclic amines) is 1. The Kier molecular flexibility index (Phi) is 6.00. The third-order valence-electron chi connectivity index (χ3n) is 4.14. The molecule has 0 amide bonds. The quantitative estimate of drug-likeness (QED) is 0.834. The van der Waals surface area contributed by atoms with Crippen LogP contribution in [0, 0.1) is 5.82 Å². The molecule has 1 saturated heterocycles. The van der Waals surface area contributed by atoms with E-state index in [1.807, 2.05) is 6.07 Å². The summed E-state index contributed by atoms with van der Waals surface area (Å²) in [6.45, 7) is 9.16. The number of hydrogen-bond donors (Lipinski definition) is 1. The van der Waals surface area contributed by atoms with Gasteiger partial charge in [0.25, 0.3) is 0 Å². The van der Waals surface area contributed by atoms with Crippen LogP contribution in [0.4, 0.5) is 10.1 Å². The van der Waals surface area contributed by atoms with Crippen molar-refractivity contribution in [1.29, 1.82) is 0 Å². The van der Waals surface area contributed by atoms with Gasteiger partial charge in [0, 0.05) is 44.0 Å². The molecule has 1 fully saturated rings. The average Bonchev–Trinajstić information content (AvgIpc) is 2.96. The van der Waals surface area contributed by atoms with E-state index >= 15 is 0 Å². The summed E-state index contributed by atoms with van der Waals surface area (Å²) in [5.41, 5.74) is 1.78. The van der Waals surface area contributed by atoms with Gasteiger partial charge < -0.3 is 15.1 Å². The molecule has 0 bridgehead atoms. The molecule has 1 aromatic carbocycles. The maximum atomic E-state index is 14.1. The summed E-state index contributed by atoms with van der Waals surface area (Å²) in [5.74, 6) is -0.117. The van der Waals surface area contributed by atoms with Crippen LogP contribution in [-0.4, -0.2) is 44.2 Å². The van der Waals surface area contributed by atoms with Crippen molar-refractivity contribution in [2.75, 3.05) is 38.1 Å². The Morgan fingerprint density at radius 2 is 2.00 bits per heavy atom. The van der Waals surface area contributed by atoms with Gasteiger partial charge in [0.15, 0.2) is 0 Å². The van der Waals surface area contributed by atoms with Crippen molar-refractivity contribution in [2.24, 2.45) is 0 Å². The van der Waals surface area contributed by atoms with Crippen LogP contribution in [0.5, 0.6) is 0 Å². The second-order valence-corrected chi connectivity index (χ2v) is 6.24. The summed E-state index contributed by atoms with van der Waals surface area (Å²) < 4.78 is 14.1. The average molecular weight is 293 g/mol. The minimum absolute atomic E-state index is 0.117. The van der Waals surface area contributed by atoms with E-state index in [0.29, 0.717) is 12.6 Å². The van der Waals surface area contributed by atoms with Crippen molar-refractivity contribution in [3.63, 3.8) is 0 Å². The molecular weight excluding hydrogens is 265 g/mol. The van der Waals surface area contributed by atoms with E-state index in [1.54, 1.807) is 12.1 Å². The summed E-state index contributed by atoms with van der Waals surface area (Å²) in [7, 11) is 2.06. The van der Waals surface area contributed by atoms with Crippen molar-refractivity contribution < 1.29 is 4.39 Å². The minimum Gasteiger partial charge on any atom is -0.373 e. The molecule has 1 N–H and O–H groups in total. The van der Waals surface area contributed by atoms with Crippen LogP contribution in [0.15, 0.2) is 18.2 Å². The molecule has 1 aromatic rings. The number of likely N-dealkylation sites (N-methyl/N-ethyl adjacent to an activating group) is 1. The van der Waals surface area contributed by atoms with Gasteiger partial charge in [0.05, 0.1) is 0 Å². The van der Waals surface area contributed by atoms with E-state index in [4.69, 9.17) is 0 Å². The fourth-order valence-corrected chi connectivity index (χ4v) is 2.80. The monoisotopic (exact) mass is 293 g/mol. The van der Waals surface area contributed by atoms with Crippen LogP contribution in [0.1, 0.15) is 32.3 Å². The Hall–Kier alpha value is -1.13. The van der Waals surface area contributed by atoms with Crippen LogP contribution < -0.4 is 10.2 Å². The lowest BCUT2D eigenvalue weighted by atomic mass is 10.1. The third-order valence-corrected chi connectivity index (χ3v) is 4.14. The molecule has 0 spiro atoms. The summed E-state index contributed by atoms with van der Waals surface area (Å²) in [6, 6.07) is 5.72. The molecule has 1 aliphatic heterocycles. The molecule has 0 aliphatic carbocycles. The van der Waals surface area contributed by atoms with Crippen molar-refractivity contribution in [2.45, 2.75) is 39.3 Å². The molecule has 2 rings (SSSR count). The Bertz CT molecular complexity index is 442. The Morgan fingerprint density at radius 3 is 2.67 bits per heavy atom. The lowest BCUT2D eigenvalue weighted by Crippen LogP contribution is -2.32. The second kappa shape index (κ2) is 7.76. The van der Waals surface area contributed by atoms with Crippen molar-refractivity contribution in [3.05, 3.63) is 29.6 Å². The largest absolute Gasteiger partial charge is 0.373 e. The lowest BCUT2D eigenvalue weighted by molar-refractivity contribution is 0.346. The highest BCUT2D eigenvalue weighted by Crippen LogP contribution is 2.22. The topological polar surface area (TPSA) is 18.5 Å². The highest BCUT2D eigenvalue weighted by molar-refractivity contribution is 5.53. The number of halogens is 1. The highest BCUT2D eigenvalue weighted by atomic mass is 19.1. The highest BCUT2D eigenvalue weighted by Gasteiger charge is 2.15. The van der Waals surface area contributed by atoms with Gasteiger partial charge in [0.1, 0.15) is 5.82 Å². The lowest BCUT2D eigenvalue weighted by Gasteiger charge is -2.26. The fourth-order valence-electron chi connectivity index (χ4n) is 2.80. The van der Waals surface area contributed by atoms with Crippen LogP contribution in [0.2, 0.25) is 0 Å². The van der Waals surface area contributed by atoms with E-state index in [9.17, 15) is 4.39 Å². The first-order chi connectivity index (χ1) is 10.1. The number of nitrogens with zero attached hydrogens (tertiary/aromatic N) is 2. The first-order valence-electron chi connectivity index (χ1n) is 8.02. The van der Waals surface area contributed by atoms with Gasteiger partial charge in [-0.3, -0.25) is 0 Å². The van der Waals surface area contributed by atoms with E-state index in [1.165, 1.54) is 25.9 Å². The molecule has 1 heterocycles. The van der Waals surface area contributed by atoms with Gasteiger partial charge in [0.2, 0.25) is 0 Å². The van der Waals surface area contributed by atoms with Gasteiger partial charge in [-0.15, -0.1) is 0 Å². The molecule has 118 valence electrons. The first kappa shape index (κ1) is 16.2. The molecule has 1 aliphatic rings. The van der Waals surface area contributed by atoms with E-state index in [-0.39, 0.29) is 5.82 Å². The summed E-state index contributed by atoms with van der Waals surface area (Å²) in [6.07, 6.45) is 2.63. The summed E-state index contributed by atoms with van der Waals surface area (Å²) >= 11 is 0. The van der Waals surface area contributed by atoms with Gasteiger partial charge >= 0.3 is 0 Å².